The van der Waals surface area contributed by atoms with Gasteiger partial charge in [0, 0.05) is 18.0 Å². The number of ether oxygens (including phenoxy) is 1. The summed E-state index contributed by atoms with van der Waals surface area (Å²) in [6, 6.07) is 5.20. The predicted octanol–water partition coefficient (Wildman–Crippen LogP) is 1.47. The molecular weight excluding hydrogens is 206 g/mol. The van der Waals surface area contributed by atoms with Gasteiger partial charge in [-0.15, -0.1) is 0 Å². The standard InChI is InChI=1S/C12H15NO3/c1-13-7-8-5-6-16-10-4-2-3-9(11(8)10)12(14)15/h2-4,8,13H,5-7H2,1H3,(H,14,15). The summed E-state index contributed by atoms with van der Waals surface area (Å²) in [7, 11) is 1.87. The van der Waals surface area contributed by atoms with Crippen molar-refractivity contribution < 1.29 is 14.6 Å². The molecule has 1 heterocycles. The molecule has 0 radical (unpaired) electrons. The molecule has 1 aliphatic heterocycles. The average Bonchev–Trinajstić information content (AvgIpc) is 2.29. The van der Waals surface area contributed by atoms with Crippen LogP contribution in [0.3, 0.4) is 0 Å². The van der Waals surface area contributed by atoms with Gasteiger partial charge >= 0.3 is 5.97 Å². The van der Waals surface area contributed by atoms with Crippen molar-refractivity contribution in [2.24, 2.45) is 0 Å². The van der Waals surface area contributed by atoms with E-state index in [1.54, 1.807) is 12.1 Å². The first-order chi connectivity index (χ1) is 7.74. The minimum atomic E-state index is -0.886. The largest absolute Gasteiger partial charge is 0.493 e. The maximum atomic E-state index is 11.1. The fourth-order valence-corrected chi connectivity index (χ4v) is 2.18. The van der Waals surface area contributed by atoms with Crippen molar-refractivity contribution >= 4 is 5.97 Å². The maximum absolute atomic E-state index is 11.1. The van der Waals surface area contributed by atoms with Crippen LogP contribution in [0.5, 0.6) is 5.75 Å². The number of aromatic carboxylic acids is 1. The quantitative estimate of drug-likeness (QED) is 0.811. The molecule has 1 atom stereocenters. The van der Waals surface area contributed by atoms with Gasteiger partial charge in [0.05, 0.1) is 12.2 Å². The van der Waals surface area contributed by atoms with E-state index in [9.17, 15) is 4.79 Å². The highest BCUT2D eigenvalue weighted by atomic mass is 16.5. The molecule has 4 heteroatoms. The van der Waals surface area contributed by atoms with Crippen molar-refractivity contribution in [2.45, 2.75) is 12.3 Å². The second-order valence-electron chi connectivity index (χ2n) is 3.91. The molecule has 0 aliphatic carbocycles. The molecule has 1 aliphatic rings. The number of carboxylic acids is 1. The Hall–Kier alpha value is -1.55. The van der Waals surface area contributed by atoms with E-state index in [2.05, 4.69) is 5.32 Å². The summed E-state index contributed by atoms with van der Waals surface area (Å²) in [4.78, 5) is 11.1. The highest BCUT2D eigenvalue weighted by Gasteiger charge is 2.26. The molecule has 4 nitrogen and oxygen atoms in total. The number of carboxylic acid groups (broad SMARTS) is 1. The SMILES string of the molecule is CNCC1CCOc2cccc(C(=O)O)c21. The van der Waals surface area contributed by atoms with Crippen molar-refractivity contribution in [2.75, 3.05) is 20.2 Å². The topological polar surface area (TPSA) is 58.6 Å². The van der Waals surface area contributed by atoms with Gasteiger partial charge in [-0.25, -0.2) is 4.79 Å². The Balaban J connectivity index is 2.46. The summed E-state index contributed by atoms with van der Waals surface area (Å²) < 4.78 is 5.50. The summed E-state index contributed by atoms with van der Waals surface area (Å²) in [6.07, 6.45) is 0.859. The van der Waals surface area contributed by atoms with Crippen LogP contribution >= 0.6 is 0 Å². The van der Waals surface area contributed by atoms with E-state index in [-0.39, 0.29) is 5.92 Å². The summed E-state index contributed by atoms with van der Waals surface area (Å²) >= 11 is 0. The molecule has 0 bridgehead atoms. The summed E-state index contributed by atoms with van der Waals surface area (Å²) in [5, 5.41) is 12.2. The highest BCUT2D eigenvalue weighted by molar-refractivity contribution is 5.90. The Kier molecular flexibility index (Phi) is 3.10. The molecular formula is C12H15NO3. The fourth-order valence-electron chi connectivity index (χ4n) is 2.18. The zero-order valence-electron chi connectivity index (χ0n) is 9.19. The Morgan fingerprint density at radius 2 is 2.44 bits per heavy atom. The first kappa shape index (κ1) is 11.0. The molecule has 0 saturated heterocycles. The zero-order valence-corrected chi connectivity index (χ0v) is 9.19. The van der Waals surface area contributed by atoms with Crippen molar-refractivity contribution in [1.29, 1.82) is 0 Å². The van der Waals surface area contributed by atoms with Crippen LogP contribution in [0.25, 0.3) is 0 Å². The van der Waals surface area contributed by atoms with Gasteiger partial charge in [0.1, 0.15) is 5.75 Å². The number of likely N-dealkylation sites (N-methyl/N-ethyl adjacent to an activating group) is 1. The molecule has 2 rings (SSSR count). The van der Waals surface area contributed by atoms with Crippen molar-refractivity contribution in [1.82, 2.24) is 5.32 Å². The van der Waals surface area contributed by atoms with Gasteiger partial charge in [0.15, 0.2) is 0 Å². The number of nitrogens with one attached hydrogen (secondary N) is 1. The molecule has 1 aromatic carbocycles. The van der Waals surface area contributed by atoms with E-state index < -0.39 is 5.97 Å². The Labute approximate surface area is 94.2 Å². The Morgan fingerprint density at radius 3 is 3.12 bits per heavy atom. The number of benzene rings is 1. The van der Waals surface area contributed by atoms with E-state index >= 15 is 0 Å². The molecule has 0 amide bonds. The second kappa shape index (κ2) is 4.53. The van der Waals surface area contributed by atoms with Gasteiger partial charge in [-0.1, -0.05) is 6.07 Å². The number of hydrogen-bond acceptors (Lipinski definition) is 3. The molecule has 2 N–H and O–H groups in total. The first-order valence-electron chi connectivity index (χ1n) is 5.37. The first-order valence-corrected chi connectivity index (χ1v) is 5.37. The minimum absolute atomic E-state index is 0.223. The lowest BCUT2D eigenvalue weighted by molar-refractivity contribution is 0.0693. The third kappa shape index (κ3) is 1.88. The van der Waals surface area contributed by atoms with E-state index in [1.165, 1.54) is 0 Å². The van der Waals surface area contributed by atoms with Crippen LogP contribution in [0, 0.1) is 0 Å². The van der Waals surface area contributed by atoms with E-state index in [1.807, 2.05) is 13.1 Å². The number of fused-ring (bicyclic) bond motifs is 1. The van der Waals surface area contributed by atoms with Crippen LogP contribution in [0.15, 0.2) is 18.2 Å². The average molecular weight is 221 g/mol. The zero-order chi connectivity index (χ0) is 11.5. The number of hydrogen-bond donors (Lipinski definition) is 2. The molecule has 16 heavy (non-hydrogen) atoms. The van der Waals surface area contributed by atoms with E-state index in [0.29, 0.717) is 17.9 Å². The van der Waals surface area contributed by atoms with Crippen molar-refractivity contribution in [3.8, 4) is 5.75 Å². The third-order valence-corrected chi connectivity index (χ3v) is 2.88. The van der Waals surface area contributed by atoms with E-state index in [0.717, 1.165) is 18.5 Å². The molecule has 1 unspecified atom stereocenters. The fraction of sp³-hybridized carbons (Fsp3) is 0.417. The molecule has 0 saturated carbocycles. The van der Waals surface area contributed by atoms with Gasteiger partial charge in [0.25, 0.3) is 0 Å². The van der Waals surface area contributed by atoms with Gasteiger partial charge in [-0.05, 0) is 25.6 Å². The normalized spacial score (nSPS) is 18.7. The molecule has 1 aromatic rings. The number of carbonyl (C=O) groups is 1. The lowest BCUT2D eigenvalue weighted by atomic mass is 9.89. The van der Waals surface area contributed by atoms with Crippen LogP contribution in [-0.2, 0) is 0 Å². The molecule has 86 valence electrons. The van der Waals surface area contributed by atoms with Crippen LogP contribution in [0.4, 0.5) is 0 Å². The molecule has 0 aromatic heterocycles. The smallest absolute Gasteiger partial charge is 0.336 e. The molecule has 0 fully saturated rings. The summed E-state index contributed by atoms with van der Waals surface area (Å²) in [5.41, 5.74) is 1.19. The van der Waals surface area contributed by atoms with Gasteiger partial charge in [-0.3, -0.25) is 0 Å². The van der Waals surface area contributed by atoms with Gasteiger partial charge < -0.3 is 15.2 Å². The predicted molar refractivity (Wildman–Crippen MR) is 60.2 cm³/mol. The van der Waals surface area contributed by atoms with Crippen molar-refractivity contribution in [3.63, 3.8) is 0 Å². The van der Waals surface area contributed by atoms with Crippen LogP contribution in [-0.4, -0.2) is 31.3 Å². The Bertz CT molecular complexity index is 403. The summed E-state index contributed by atoms with van der Waals surface area (Å²) in [6.45, 7) is 1.43. The van der Waals surface area contributed by atoms with Crippen LogP contribution in [0.2, 0.25) is 0 Å². The lowest BCUT2D eigenvalue weighted by Gasteiger charge is -2.27. The minimum Gasteiger partial charge on any atom is -0.493 e. The van der Waals surface area contributed by atoms with Gasteiger partial charge in [0.2, 0.25) is 0 Å². The maximum Gasteiger partial charge on any atom is 0.336 e. The van der Waals surface area contributed by atoms with E-state index in [4.69, 9.17) is 9.84 Å². The van der Waals surface area contributed by atoms with Crippen molar-refractivity contribution in [3.05, 3.63) is 29.3 Å². The highest BCUT2D eigenvalue weighted by Crippen LogP contribution is 2.35. The summed E-state index contributed by atoms with van der Waals surface area (Å²) in [5.74, 6) is 0.0518. The van der Waals surface area contributed by atoms with Gasteiger partial charge in [-0.2, -0.15) is 0 Å². The number of rotatable bonds is 3. The second-order valence-corrected chi connectivity index (χ2v) is 3.91. The molecule has 0 spiro atoms. The monoisotopic (exact) mass is 221 g/mol. The lowest BCUT2D eigenvalue weighted by Crippen LogP contribution is -2.25. The Morgan fingerprint density at radius 1 is 1.62 bits per heavy atom. The van der Waals surface area contributed by atoms with Crippen LogP contribution < -0.4 is 10.1 Å². The third-order valence-electron chi connectivity index (χ3n) is 2.88. The van der Waals surface area contributed by atoms with Crippen LogP contribution in [0.1, 0.15) is 28.3 Å².